The minimum atomic E-state index is 0.342. The number of rotatable bonds is 5. The lowest BCUT2D eigenvalue weighted by atomic mass is 9.51. The third kappa shape index (κ3) is 2.86. The number of carbonyl (C=O) groups excluding carboxylic acids is 1. The second kappa shape index (κ2) is 5.75. The summed E-state index contributed by atoms with van der Waals surface area (Å²) in [5, 5.41) is 3.21. The summed E-state index contributed by atoms with van der Waals surface area (Å²) in [6.45, 7) is 2.99. The smallest absolute Gasteiger partial charge is 0.223 e. The Morgan fingerprint density at radius 1 is 1.16 bits per heavy atom. The van der Waals surface area contributed by atoms with E-state index in [1.165, 1.54) is 38.5 Å². The van der Waals surface area contributed by atoms with Gasteiger partial charge in [-0.15, -0.1) is 0 Å². The number of carbonyl (C=O) groups is 1. The van der Waals surface area contributed by atoms with Gasteiger partial charge in [-0.05, 0) is 62.2 Å². The molecule has 1 atom stereocenters. The van der Waals surface area contributed by atoms with Crippen LogP contribution in [0.25, 0.3) is 0 Å². The normalized spacial score (nSPS) is 41.3. The minimum Gasteiger partial charge on any atom is -0.355 e. The van der Waals surface area contributed by atoms with Gasteiger partial charge < -0.3 is 5.32 Å². The first-order chi connectivity index (χ1) is 9.17. The molecule has 4 aliphatic carbocycles. The molecule has 0 heterocycles. The number of nitrogens with one attached hydrogen (secondary N) is 1. The van der Waals surface area contributed by atoms with Gasteiger partial charge in [0.25, 0.3) is 0 Å². The highest BCUT2D eigenvalue weighted by molar-refractivity contribution is 9.09. The standard InChI is InChI=1S/C16H26BrNO/c1-2-3-14(17)9-18-16(19)15-12-5-10-4-11(7-12)8-13(15)6-10/h10-15H,2-9H2,1H3,(H,18,19). The fourth-order valence-electron chi connectivity index (χ4n) is 5.10. The summed E-state index contributed by atoms with van der Waals surface area (Å²) in [4.78, 5) is 13.0. The van der Waals surface area contributed by atoms with Crippen molar-refractivity contribution in [3.63, 3.8) is 0 Å². The SMILES string of the molecule is CCCC(Br)CNC(=O)C1C2CC3CC(C2)CC1C3. The van der Waals surface area contributed by atoms with Gasteiger partial charge in [-0.1, -0.05) is 29.3 Å². The van der Waals surface area contributed by atoms with E-state index in [1.54, 1.807) is 0 Å². The molecule has 4 fully saturated rings. The Morgan fingerprint density at radius 2 is 1.74 bits per heavy atom. The molecule has 0 aromatic heterocycles. The number of amides is 1. The molecule has 4 bridgehead atoms. The van der Waals surface area contributed by atoms with E-state index in [0.29, 0.717) is 28.5 Å². The minimum absolute atomic E-state index is 0.342. The van der Waals surface area contributed by atoms with E-state index in [2.05, 4.69) is 28.2 Å². The molecule has 3 heteroatoms. The highest BCUT2D eigenvalue weighted by atomic mass is 79.9. The van der Waals surface area contributed by atoms with Crippen LogP contribution in [0.4, 0.5) is 0 Å². The van der Waals surface area contributed by atoms with Crippen LogP contribution in [-0.2, 0) is 4.79 Å². The summed E-state index contributed by atoms with van der Waals surface area (Å²) in [7, 11) is 0. The van der Waals surface area contributed by atoms with Crippen LogP contribution in [0.5, 0.6) is 0 Å². The second-order valence-corrected chi connectivity index (χ2v) is 8.38. The van der Waals surface area contributed by atoms with Gasteiger partial charge in [0.1, 0.15) is 0 Å². The van der Waals surface area contributed by atoms with Crippen molar-refractivity contribution in [1.29, 1.82) is 0 Å². The molecule has 0 aliphatic heterocycles. The molecule has 4 rings (SSSR count). The number of alkyl halides is 1. The fourth-order valence-corrected chi connectivity index (χ4v) is 5.72. The van der Waals surface area contributed by atoms with E-state index >= 15 is 0 Å². The molecule has 1 amide bonds. The summed E-state index contributed by atoms with van der Waals surface area (Å²) in [6, 6.07) is 0. The van der Waals surface area contributed by atoms with Crippen LogP contribution in [0.15, 0.2) is 0 Å². The lowest BCUT2D eigenvalue weighted by Gasteiger charge is -2.53. The van der Waals surface area contributed by atoms with E-state index in [0.717, 1.165) is 24.8 Å². The topological polar surface area (TPSA) is 29.1 Å². The Labute approximate surface area is 125 Å². The van der Waals surface area contributed by atoms with Crippen LogP contribution in [0.1, 0.15) is 51.9 Å². The number of hydrogen-bond acceptors (Lipinski definition) is 1. The molecule has 1 N–H and O–H groups in total. The predicted octanol–water partition coefficient (Wildman–Crippen LogP) is 3.74. The van der Waals surface area contributed by atoms with E-state index in [-0.39, 0.29) is 0 Å². The van der Waals surface area contributed by atoms with E-state index in [1.807, 2.05) is 0 Å². The maximum absolute atomic E-state index is 12.5. The first-order valence-corrected chi connectivity index (χ1v) is 9.00. The zero-order chi connectivity index (χ0) is 13.4. The van der Waals surface area contributed by atoms with Gasteiger partial charge in [0, 0.05) is 17.3 Å². The average molecular weight is 328 g/mol. The van der Waals surface area contributed by atoms with Gasteiger partial charge in [0.2, 0.25) is 5.91 Å². The largest absolute Gasteiger partial charge is 0.355 e. The van der Waals surface area contributed by atoms with Crippen molar-refractivity contribution in [2.24, 2.45) is 29.6 Å². The van der Waals surface area contributed by atoms with Crippen LogP contribution in [0, 0.1) is 29.6 Å². The first kappa shape index (κ1) is 13.9. The van der Waals surface area contributed by atoms with Crippen LogP contribution in [-0.4, -0.2) is 17.3 Å². The average Bonchev–Trinajstić information content (AvgIpc) is 2.35. The van der Waals surface area contributed by atoms with Gasteiger partial charge in [0.05, 0.1) is 0 Å². The van der Waals surface area contributed by atoms with Crippen molar-refractivity contribution < 1.29 is 4.79 Å². The van der Waals surface area contributed by atoms with Gasteiger partial charge in [0.15, 0.2) is 0 Å². The lowest BCUT2D eigenvalue weighted by molar-refractivity contribution is -0.138. The van der Waals surface area contributed by atoms with E-state index < -0.39 is 0 Å². The molecule has 0 aromatic rings. The molecule has 19 heavy (non-hydrogen) atoms. The molecule has 4 aliphatic rings. The van der Waals surface area contributed by atoms with Crippen molar-refractivity contribution in [2.75, 3.05) is 6.54 Å². The van der Waals surface area contributed by atoms with Crippen molar-refractivity contribution in [3.05, 3.63) is 0 Å². The summed E-state index contributed by atoms with van der Waals surface area (Å²) in [5.74, 6) is 4.02. The second-order valence-electron chi connectivity index (χ2n) is 7.09. The monoisotopic (exact) mass is 327 g/mol. The Balaban J connectivity index is 1.55. The van der Waals surface area contributed by atoms with Crippen molar-refractivity contribution in [2.45, 2.75) is 56.7 Å². The van der Waals surface area contributed by atoms with Crippen molar-refractivity contribution in [1.82, 2.24) is 5.32 Å². The molecule has 4 saturated carbocycles. The van der Waals surface area contributed by atoms with Crippen molar-refractivity contribution in [3.8, 4) is 0 Å². The van der Waals surface area contributed by atoms with Gasteiger partial charge in [-0.2, -0.15) is 0 Å². The zero-order valence-corrected chi connectivity index (χ0v) is 13.5. The summed E-state index contributed by atoms with van der Waals surface area (Å²) < 4.78 is 0. The molecule has 0 spiro atoms. The summed E-state index contributed by atoms with van der Waals surface area (Å²) in [5.41, 5.74) is 0. The van der Waals surface area contributed by atoms with Gasteiger partial charge >= 0.3 is 0 Å². The molecule has 0 radical (unpaired) electrons. The molecule has 2 nitrogen and oxygen atoms in total. The lowest BCUT2D eigenvalue weighted by Crippen LogP contribution is -2.51. The van der Waals surface area contributed by atoms with E-state index in [9.17, 15) is 4.79 Å². The van der Waals surface area contributed by atoms with Crippen molar-refractivity contribution >= 4 is 21.8 Å². The maximum Gasteiger partial charge on any atom is 0.223 e. The Bertz CT molecular complexity index is 316. The highest BCUT2D eigenvalue weighted by Crippen LogP contribution is 2.56. The van der Waals surface area contributed by atoms with Crippen LogP contribution >= 0.6 is 15.9 Å². The zero-order valence-electron chi connectivity index (χ0n) is 11.9. The third-order valence-electron chi connectivity index (χ3n) is 5.63. The Hall–Kier alpha value is -0.0500. The molecular weight excluding hydrogens is 302 g/mol. The predicted molar refractivity (Wildman–Crippen MR) is 81.2 cm³/mol. The number of hydrogen-bond donors (Lipinski definition) is 1. The third-order valence-corrected chi connectivity index (χ3v) is 6.41. The molecule has 108 valence electrons. The molecule has 1 unspecified atom stereocenters. The quantitative estimate of drug-likeness (QED) is 0.766. The van der Waals surface area contributed by atoms with Crippen LogP contribution in [0.3, 0.4) is 0 Å². The molecule has 0 aromatic carbocycles. The summed E-state index contributed by atoms with van der Waals surface area (Å²) >= 11 is 3.65. The Morgan fingerprint density at radius 3 is 2.26 bits per heavy atom. The maximum atomic E-state index is 12.5. The molecular formula is C16H26BrNO. The highest BCUT2D eigenvalue weighted by Gasteiger charge is 2.50. The summed E-state index contributed by atoms with van der Waals surface area (Å²) in [6.07, 6.45) is 9.10. The fraction of sp³-hybridized carbons (Fsp3) is 0.938. The van der Waals surface area contributed by atoms with Crippen LogP contribution in [0.2, 0.25) is 0 Å². The van der Waals surface area contributed by atoms with Gasteiger partial charge in [-0.25, -0.2) is 0 Å². The van der Waals surface area contributed by atoms with E-state index in [4.69, 9.17) is 0 Å². The first-order valence-electron chi connectivity index (χ1n) is 8.09. The Kier molecular flexibility index (Phi) is 4.21. The molecule has 0 saturated heterocycles. The number of halogens is 1. The van der Waals surface area contributed by atoms with Gasteiger partial charge in [-0.3, -0.25) is 4.79 Å². The van der Waals surface area contributed by atoms with Crippen LogP contribution < -0.4 is 5.32 Å².